The molecule has 1 saturated carbocycles. The molecular weight excluding hydrogens is 340 g/mol. The van der Waals surface area contributed by atoms with Gasteiger partial charge >= 0.3 is 6.18 Å². The lowest BCUT2D eigenvalue weighted by atomic mass is 9.81. The van der Waals surface area contributed by atoms with Crippen molar-refractivity contribution in [2.24, 2.45) is 11.8 Å². The van der Waals surface area contributed by atoms with Gasteiger partial charge in [0.05, 0.1) is 12.2 Å². The molecule has 0 aliphatic heterocycles. The Hall–Kier alpha value is -1.08. The van der Waals surface area contributed by atoms with Crippen LogP contribution in [0.15, 0.2) is 6.33 Å². The lowest BCUT2D eigenvalue weighted by molar-refractivity contribution is -0.184. The average Bonchev–Trinajstić information content (AvgIpc) is 2.81. The van der Waals surface area contributed by atoms with Crippen LogP contribution in [0.2, 0.25) is 10.4 Å². The van der Waals surface area contributed by atoms with Crippen LogP contribution in [0.1, 0.15) is 25.7 Å². The molecule has 1 aliphatic carbocycles. The summed E-state index contributed by atoms with van der Waals surface area (Å²) in [5, 5.41) is 0.227. The minimum absolute atomic E-state index is 0.0217. The number of rotatable bonds is 2. The summed E-state index contributed by atoms with van der Waals surface area (Å²) in [5.74, 6) is -1.00. The maximum Gasteiger partial charge on any atom is 0.391 e. The van der Waals surface area contributed by atoms with Crippen LogP contribution in [-0.4, -0.2) is 25.7 Å². The van der Waals surface area contributed by atoms with Crippen LogP contribution < -0.4 is 0 Å². The molecule has 0 atom stereocenters. The van der Waals surface area contributed by atoms with Gasteiger partial charge in [0.1, 0.15) is 5.52 Å². The van der Waals surface area contributed by atoms with Crippen LogP contribution in [0.4, 0.5) is 13.2 Å². The Labute approximate surface area is 134 Å². The molecule has 0 aromatic carbocycles. The fourth-order valence-electron chi connectivity index (χ4n) is 3.00. The minimum Gasteiger partial charge on any atom is -0.326 e. The van der Waals surface area contributed by atoms with Crippen molar-refractivity contribution in [3.63, 3.8) is 0 Å². The zero-order valence-corrected chi connectivity index (χ0v) is 13.0. The highest BCUT2D eigenvalue weighted by atomic mass is 35.5. The lowest BCUT2D eigenvalue weighted by Gasteiger charge is -2.30. The predicted octanol–water partition coefficient (Wildman–Crippen LogP) is 4.50. The van der Waals surface area contributed by atoms with Gasteiger partial charge in [-0.2, -0.15) is 18.2 Å². The third-order valence-electron chi connectivity index (χ3n) is 4.17. The molecule has 0 saturated heterocycles. The van der Waals surface area contributed by atoms with E-state index in [1.807, 2.05) is 0 Å². The first-order valence-corrected chi connectivity index (χ1v) is 7.71. The highest BCUT2D eigenvalue weighted by Crippen LogP contribution is 2.40. The Morgan fingerprint density at radius 1 is 1.14 bits per heavy atom. The molecule has 120 valence electrons. The molecule has 0 N–H and O–H groups in total. The van der Waals surface area contributed by atoms with Gasteiger partial charge in [0.25, 0.3) is 0 Å². The molecule has 4 nitrogen and oxygen atoms in total. The van der Waals surface area contributed by atoms with Gasteiger partial charge in [-0.05, 0) is 43.2 Å². The summed E-state index contributed by atoms with van der Waals surface area (Å²) in [6.07, 6.45) is -1.07. The normalized spacial score (nSPS) is 23.1. The SMILES string of the molecule is FC(F)(F)[C@H]1CC[C@H](Cn2cnc3nc(Cl)nc(Cl)c32)CC1. The number of alkyl halides is 3. The van der Waals surface area contributed by atoms with Crippen LogP contribution in [0.25, 0.3) is 11.2 Å². The van der Waals surface area contributed by atoms with Crippen molar-refractivity contribution in [2.75, 3.05) is 0 Å². The standard InChI is InChI=1S/C13H13Cl2F3N4/c14-10-9-11(21-12(15)20-10)19-6-22(9)5-7-1-3-8(4-2-7)13(16,17)18/h6-8H,1-5H2/t7-,8-. The van der Waals surface area contributed by atoms with Crippen LogP contribution in [-0.2, 0) is 6.54 Å². The van der Waals surface area contributed by atoms with Gasteiger partial charge in [0.15, 0.2) is 10.8 Å². The fourth-order valence-corrected chi connectivity index (χ4v) is 3.48. The Kier molecular flexibility index (Phi) is 4.20. The number of fused-ring (bicyclic) bond motifs is 1. The van der Waals surface area contributed by atoms with Crippen LogP contribution in [0.3, 0.4) is 0 Å². The topological polar surface area (TPSA) is 43.6 Å². The minimum atomic E-state index is -4.08. The van der Waals surface area contributed by atoms with Gasteiger partial charge in [-0.15, -0.1) is 0 Å². The van der Waals surface area contributed by atoms with E-state index >= 15 is 0 Å². The van der Waals surface area contributed by atoms with E-state index in [9.17, 15) is 13.2 Å². The van der Waals surface area contributed by atoms with Crippen molar-refractivity contribution in [3.8, 4) is 0 Å². The summed E-state index contributed by atoms with van der Waals surface area (Å²) in [7, 11) is 0. The maximum absolute atomic E-state index is 12.7. The van der Waals surface area contributed by atoms with E-state index in [0.717, 1.165) is 0 Å². The summed E-state index contributed by atoms with van der Waals surface area (Å²) in [5.41, 5.74) is 0.970. The van der Waals surface area contributed by atoms with Crippen molar-refractivity contribution < 1.29 is 13.2 Å². The molecule has 9 heteroatoms. The zero-order chi connectivity index (χ0) is 15.9. The molecule has 0 bridgehead atoms. The zero-order valence-electron chi connectivity index (χ0n) is 11.4. The molecule has 0 spiro atoms. The molecule has 0 unspecified atom stereocenters. The van der Waals surface area contributed by atoms with Crippen molar-refractivity contribution in [1.29, 1.82) is 0 Å². The lowest BCUT2D eigenvalue weighted by Crippen LogP contribution is -2.29. The average molecular weight is 353 g/mol. The van der Waals surface area contributed by atoms with Gasteiger partial charge in [-0.25, -0.2) is 9.97 Å². The monoisotopic (exact) mass is 352 g/mol. The molecule has 22 heavy (non-hydrogen) atoms. The molecule has 0 amide bonds. The van der Waals surface area contributed by atoms with E-state index in [1.165, 1.54) is 0 Å². The number of nitrogens with zero attached hydrogens (tertiary/aromatic N) is 4. The predicted molar refractivity (Wildman–Crippen MR) is 76.8 cm³/mol. The van der Waals surface area contributed by atoms with Crippen LogP contribution >= 0.6 is 23.2 Å². The third-order valence-corrected chi connectivity index (χ3v) is 4.60. The molecule has 3 rings (SSSR count). The number of hydrogen-bond donors (Lipinski definition) is 0. The van der Waals surface area contributed by atoms with Gasteiger partial charge in [-0.1, -0.05) is 11.6 Å². The highest BCUT2D eigenvalue weighted by Gasteiger charge is 2.41. The van der Waals surface area contributed by atoms with E-state index in [1.54, 1.807) is 10.9 Å². The molecule has 2 aromatic rings. The van der Waals surface area contributed by atoms with E-state index in [0.29, 0.717) is 30.6 Å². The molecule has 1 fully saturated rings. The van der Waals surface area contributed by atoms with Crippen molar-refractivity contribution in [1.82, 2.24) is 19.5 Å². The summed E-state index contributed by atoms with van der Waals surface area (Å²) >= 11 is 11.8. The van der Waals surface area contributed by atoms with Crippen molar-refractivity contribution >= 4 is 34.4 Å². The highest BCUT2D eigenvalue weighted by molar-refractivity contribution is 6.35. The second-order valence-electron chi connectivity index (χ2n) is 5.61. The number of hydrogen-bond acceptors (Lipinski definition) is 3. The second kappa shape index (κ2) is 5.85. The Bertz CT molecular complexity index is 678. The molecule has 0 radical (unpaired) electrons. The Morgan fingerprint density at radius 3 is 2.45 bits per heavy atom. The van der Waals surface area contributed by atoms with E-state index < -0.39 is 12.1 Å². The quantitative estimate of drug-likeness (QED) is 0.590. The molecule has 2 heterocycles. The van der Waals surface area contributed by atoms with Gasteiger partial charge in [0, 0.05) is 6.54 Å². The smallest absolute Gasteiger partial charge is 0.326 e. The third kappa shape index (κ3) is 3.15. The van der Waals surface area contributed by atoms with Crippen LogP contribution in [0, 0.1) is 11.8 Å². The summed E-state index contributed by atoms with van der Waals surface area (Å²) in [6, 6.07) is 0. The molecule has 1 aliphatic rings. The fraction of sp³-hybridized carbons (Fsp3) is 0.615. The maximum atomic E-state index is 12.7. The van der Waals surface area contributed by atoms with E-state index in [-0.39, 0.29) is 29.2 Å². The van der Waals surface area contributed by atoms with E-state index in [2.05, 4.69) is 15.0 Å². The number of imidazole rings is 1. The first-order valence-electron chi connectivity index (χ1n) is 6.95. The van der Waals surface area contributed by atoms with E-state index in [4.69, 9.17) is 23.2 Å². The summed E-state index contributed by atoms with van der Waals surface area (Å²) < 4.78 is 39.8. The number of halogens is 5. The van der Waals surface area contributed by atoms with Gasteiger partial charge < -0.3 is 4.57 Å². The molecular formula is C13H13Cl2F3N4. The van der Waals surface area contributed by atoms with Crippen LogP contribution in [0.5, 0.6) is 0 Å². The Morgan fingerprint density at radius 2 is 1.82 bits per heavy atom. The largest absolute Gasteiger partial charge is 0.391 e. The van der Waals surface area contributed by atoms with Gasteiger partial charge in [-0.3, -0.25) is 0 Å². The second-order valence-corrected chi connectivity index (χ2v) is 6.31. The van der Waals surface area contributed by atoms with Crippen molar-refractivity contribution in [3.05, 3.63) is 16.8 Å². The molecule has 2 aromatic heterocycles. The van der Waals surface area contributed by atoms with Crippen molar-refractivity contribution in [2.45, 2.75) is 38.4 Å². The number of aromatic nitrogens is 4. The first kappa shape index (κ1) is 15.8. The summed E-state index contributed by atoms with van der Waals surface area (Å²) in [6.45, 7) is 0.561. The van der Waals surface area contributed by atoms with Gasteiger partial charge in [0.2, 0.25) is 5.28 Å². The summed E-state index contributed by atoms with van der Waals surface area (Å²) in [4.78, 5) is 12.0. The first-order chi connectivity index (χ1) is 10.3. The Balaban J connectivity index is 1.73.